The number of esters is 3. The maximum Gasteiger partial charge on any atom is 0.306 e. The van der Waals surface area contributed by atoms with Gasteiger partial charge >= 0.3 is 17.9 Å². The lowest BCUT2D eigenvalue weighted by Gasteiger charge is -2.18. The van der Waals surface area contributed by atoms with Gasteiger partial charge in [-0.2, -0.15) is 0 Å². The highest BCUT2D eigenvalue weighted by Crippen LogP contribution is 2.15. The lowest BCUT2D eigenvalue weighted by molar-refractivity contribution is -0.166. The van der Waals surface area contributed by atoms with E-state index in [-0.39, 0.29) is 25.7 Å². The van der Waals surface area contributed by atoms with E-state index in [2.05, 4.69) is 69.4 Å². The molecule has 0 aromatic rings. The first kappa shape index (κ1) is 50.8. The standard InChI is InChI=1S/C57H98O6/c1-4-7-10-13-16-19-22-25-26-27-28-29-30-33-35-38-41-44-47-50-56(59)62-53-54(63-57(60)51-48-45-42-39-36-32-24-21-18-15-12-9-6-3)52-61-55(58)49-46-43-40-37-34-31-23-20-17-14-11-8-5-2/h7,10,16,19,25-26,28-29,33,35,41,44,54H,4-6,8-9,11-15,17-18,20-24,27,30-32,34,36-40,42-43,45-53H2,1-3H3/b10-7-,19-16-,26-25-,29-28-,35-33-,44-41-/i52D2,53D2,54D. The highest BCUT2D eigenvalue weighted by atomic mass is 16.6. The fourth-order valence-corrected chi connectivity index (χ4v) is 6.95. The number of ether oxygens (including phenoxy) is 3. The Hall–Kier alpha value is -3.15. The normalized spacial score (nSPS) is 14.7. The van der Waals surface area contributed by atoms with Gasteiger partial charge < -0.3 is 14.2 Å². The van der Waals surface area contributed by atoms with Gasteiger partial charge in [-0.25, -0.2) is 0 Å². The largest absolute Gasteiger partial charge is 0.462 e. The Morgan fingerprint density at radius 2 is 0.667 bits per heavy atom. The quantitative estimate of drug-likeness (QED) is 0.0262. The first-order valence-corrected chi connectivity index (χ1v) is 25.9. The fraction of sp³-hybridized carbons (Fsp3) is 0.737. The summed E-state index contributed by atoms with van der Waals surface area (Å²) >= 11 is 0. The van der Waals surface area contributed by atoms with Crippen molar-refractivity contribution in [3.8, 4) is 0 Å². The Morgan fingerprint density at radius 3 is 1.02 bits per heavy atom. The summed E-state index contributed by atoms with van der Waals surface area (Å²) in [4.78, 5) is 38.9. The molecule has 0 aliphatic carbocycles. The van der Waals surface area contributed by atoms with E-state index in [0.29, 0.717) is 25.7 Å². The number of hydrogen-bond donors (Lipinski definition) is 0. The van der Waals surface area contributed by atoms with Gasteiger partial charge in [0.2, 0.25) is 0 Å². The molecule has 0 aromatic heterocycles. The molecule has 0 rings (SSSR count). The summed E-state index contributed by atoms with van der Waals surface area (Å²) in [7, 11) is 0. The maximum absolute atomic E-state index is 13.1. The lowest BCUT2D eigenvalue weighted by Crippen LogP contribution is -2.30. The van der Waals surface area contributed by atoms with Gasteiger partial charge in [-0.1, -0.05) is 248 Å². The van der Waals surface area contributed by atoms with Crippen LogP contribution in [0.25, 0.3) is 0 Å². The van der Waals surface area contributed by atoms with Crippen molar-refractivity contribution in [1.82, 2.24) is 0 Å². The lowest BCUT2D eigenvalue weighted by atomic mass is 10.0. The second-order valence-corrected chi connectivity index (χ2v) is 16.9. The summed E-state index contributed by atoms with van der Waals surface area (Å²) in [5.41, 5.74) is 0. The molecule has 63 heavy (non-hydrogen) atoms. The molecule has 0 saturated carbocycles. The molecule has 1 unspecified atom stereocenters. The van der Waals surface area contributed by atoms with Crippen LogP contribution in [0.15, 0.2) is 72.9 Å². The van der Waals surface area contributed by atoms with Crippen LogP contribution in [-0.2, 0) is 28.6 Å². The van der Waals surface area contributed by atoms with Crippen LogP contribution in [0, 0.1) is 0 Å². The molecule has 0 spiro atoms. The van der Waals surface area contributed by atoms with Crippen LogP contribution in [0.1, 0.15) is 259 Å². The molecule has 0 aromatic carbocycles. The predicted octanol–water partition coefficient (Wildman–Crippen LogP) is 17.4. The van der Waals surface area contributed by atoms with Gasteiger partial charge in [0.1, 0.15) is 13.1 Å². The van der Waals surface area contributed by atoms with Gasteiger partial charge in [0, 0.05) is 19.3 Å². The number of carbonyl (C=O) groups excluding carboxylic acids is 3. The summed E-state index contributed by atoms with van der Waals surface area (Å²) in [5.74, 6) is -3.06. The molecular formula is C57H98O6. The van der Waals surface area contributed by atoms with E-state index in [1.165, 1.54) is 103 Å². The van der Waals surface area contributed by atoms with Gasteiger partial charge in [0.15, 0.2) is 6.08 Å². The molecule has 0 amide bonds. The van der Waals surface area contributed by atoms with Crippen molar-refractivity contribution >= 4 is 17.9 Å². The zero-order valence-electron chi connectivity index (χ0n) is 45.8. The molecule has 1 atom stereocenters. The Morgan fingerprint density at radius 1 is 0.381 bits per heavy atom. The molecule has 0 bridgehead atoms. The van der Waals surface area contributed by atoms with E-state index in [9.17, 15) is 14.4 Å². The van der Waals surface area contributed by atoms with Crippen LogP contribution in [0.4, 0.5) is 0 Å². The van der Waals surface area contributed by atoms with Crippen LogP contribution < -0.4 is 0 Å². The summed E-state index contributed by atoms with van der Waals surface area (Å²) in [6, 6.07) is 0. The van der Waals surface area contributed by atoms with Crippen LogP contribution in [-0.4, -0.2) is 37.1 Å². The molecule has 0 aliphatic rings. The summed E-state index contributed by atoms with van der Waals surface area (Å²) < 4.78 is 58.7. The fourth-order valence-electron chi connectivity index (χ4n) is 6.95. The first-order valence-electron chi connectivity index (χ1n) is 28.4. The third-order valence-corrected chi connectivity index (χ3v) is 10.8. The summed E-state index contributed by atoms with van der Waals surface area (Å²) in [6.45, 7) is -0.388. The van der Waals surface area contributed by atoms with Gasteiger partial charge in [-0.15, -0.1) is 0 Å². The average molecular weight is 884 g/mol. The predicted molar refractivity (Wildman–Crippen MR) is 270 cm³/mol. The first-order chi connectivity index (χ1) is 32.9. The van der Waals surface area contributed by atoms with Crippen molar-refractivity contribution in [3.05, 3.63) is 72.9 Å². The number of rotatable bonds is 47. The Bertz CT molecular complexity index is 1420. The monoisotopic (exact) mass is 884 g/mol. The van der Waals surface area contributed by atoms with E-state index in [0.717, 1.165) is 77.0 Å². The minimum Gasteiger partial charge on any atom is -0.462 e. The number of carbonyl (C=O) groups is 3. The molecule has 0 heterocycles. The van der Waals surface area contributed by atoms with E-state index in [4.69, 9.17) is 21.1 Å². The molecule has 0 radical (unpaired) electrons. The molecule has 362 valence electrons. The number of hydrogen-bond acceptors (Lipinski definition) is 6. The van der Waals surface area contributed by atoms with Crippen molar-refractivity contribution in [2.75, 3.05) is 13.1 Å². The molecular weight excluding hydrogens is 781 g/mol. The van der Waals surface area contributed by atoms with Crippen molar-refractivity contribution in [2.45, 2.75) is 258 Å². The zero-order valence-corrected chi connectivity index (χ0v) is 40.8. The minimum atomic E-state index is -3.52. The van der Waals surface area contributed by atoms with Gasteiger partial charge in [0.25, 0.3) is 0 Å². The van der Waals surface area contributed by atoms with Gasteiger partial charge in [-0.3, -0.25) is 14.4 Å². The van der Waals surface area contributed by atoms with Crippen molar-refractivity contribution < 1.29 is 35.4 Å². The van der Waals surface area contributed by atoms with Gasteiger partial charge in [0.05, 0.1) is 6.85 Å². The summed E-state index contributed by atoms with van der Waals surface area (Å²) in [5, 5.41) is 0. The van der Waals surface area contributed by atoms with E-state index in [1.807, 2.05) is 18.2 Å². The molecule has 6 nitrogen and oxygen atoms in total. The number of unbranched alkanes of at least 4 members (excludes halogenated alkanes) is 24. The second-order valence-electron chi connectivity index (χ2n) is 16.9. The highest BCUT2D eigenvalue weighted by molar-refractivity contribution is 5.71. The Balaban J connectivity index is 5.11. The summed E-state index contributed by atoms with van der Waals surface area (Å²) in [6.07, 6.45) is 55.1. The molecule has 0 N–H and O–H groups in total. The Labute approximate surface area is 396 Å². The number of allylic oxidation sites excluding steroid dienone is 12. The van der Waals surface area contributed by atoms with Crippen LogP contribution >= 0.6 is 0 Å². The zero-order chi connectivity index (χ0) is 50.3. The topological polar surface area (TPSA) is 78.9 Å². The van der Waals surface area contributed by atoms with Crippen molar-refractivity contribution in [3.63, 3.8) is 0 Å². The van der Waals surface area contributed by atoms with E-state index >= 15 is 0 Å². The molecule has 0 fully saturated rings. The smallest absolute Gasteiger partial charge is 0.306 e. The maximum atomic E-state index is 13.1. The SMILES string of the molecule is [2H]C([2H])(OC(=O)CC/C=C\C/C=C\C/C=C\C/C=C\C/C=C\C/C=C\CC)C([2H])(OC(=O)CCCCCCCCCCCCCCC)C([2H])([2H])OC(=O)CCCCCCCCCCCCCCC. The highest BCUT2D eigenvalue weighted by Gasteiger charge is 2.19. The third-order valence-electron chi connectivity index (χ3n) is 10.8. The average Bonchev–Trinajstić information content (AvgIpc) is 3.29. The van der Waals surface area contributed by atoms with Crippen molar-refractivity contribution in [1.29, 1.82) is 0 Å². The second kappa shape index (κ2) is 51.5. The molecule has 0 saturated heterocycles. The third kappa shape index (κ3) is 49.7. The van der Waals surface area contributed by atoms with Gasteiger partial charge in [-0.05, 0) is 57.8 Å². The molecule has 6 heteroatoms. The van der Waals surface area contributed by atoms with Crippen molar-refractivity contribution in [2.24, 2.45) is 0 Å². The Kier molecular flexibility index (Phi) is 41.5. The van der Waals surface area contributed by atoms with Crippen LogP contribution in [0.2, 0.25) is 0 Å². The van der Waals surface area contributed by atoms with Crippen LogP contribution in [0.5, 0.6) is 0 Å². The minimum absolute atomic E-state index is 0.144. The van der Waals surface area contributed by atoms with Crippen LogP contribution in [0.3, 0.4) is 0 Å². The molecule has 0 aliphatic heterocycles. The van der Waals surface area contributed by atoms with E-state index in [1.54, 1.807) is 6.08 Å². The van der Waals surface area contributed by atoms with E-state index < -0.39 is 37.1 Å².